The molecule has 2 aromatic heterocycles. The molecule has 0 N–H and O–H groups in total. The number of rotatable bonds is 9. The van der Waals surface area contributed by atoms with Crippen molar-refractivity contribution in [1.82, 2.24) is 14.8 Å². The van der Waals surface area contributed by atoms with Crippen LogP contribution in [0.5, 0.6) is 5.75 Å². The van der Waals surface area contributed by atoms with Crippen molar-refractivity contribution in [2.75, 3.05) is 53.0 Å². The van der Waals surface area contributed by atoms with Gasteiger partial charge in [-0.25, -0.2) is 5.01 Å². The molecule has 0 spiro atoms. The van der Waals surface area contributed by atoms with Crippen LogP contribution in [0.4, 0.5) is 0 Å². The molecule has 5 rings (SSSR count). The molecular formula is C27H30N4O4S2. The molecule has 194 valence electrons. The number of carbonyl (C=O) groups is 2. The summed E-state index contributed by atoms with van der Waals surface area (Å²) in [6.07, 6.45) is 0.616. The summed E-state index contributed by atoms with van der Waals surface area (Å²) in [6.45, 7) is 4.16. The number of morpholine rings is 1. The molecule has 0 aliphatic carbocycles. The minimum Gasteiger partial charge on any atom is -0.497 e. The molecule has 1 saturated heterocycles. The first kappa shape index (κ1) is 25.6. The van der Waals surface area contributed by atoms with E-state index in [0.717, 1.165) is 35.0 Å². The van der Waals surface area contributed by atoms with Gasteiger partial charge in [-0.3, -0.25) is 14.5 Å². The van der Waals surface area contributed by atoms with Gasteiger partial charge in [0.1, 0.15) is 12.3 Å². The van der Waals surface area contributed by atoms with Gasteiger partial charge >= 0.3 is 0 Å². The van der Waals surface area contributed by atoms with Gasteiger partial charge in [0.15, 0.2) is 0 Å². The van der Waals surface area contributed by atoms with Gasteiger partial charge in [-0.05, 0) is 40.6 Å². The Morgan fingerprint density at radius 3 is 2.51 bits per heavy atom. The summed E-state index contributed by atoms with van der Waals surface area (Å²) in [5, 5.41) is 10.2. The highest BCUT2D eigenvalue weighted by Crippen LogP contribution is 2.34. The van der Waals surface area contributed by atoms with Gasteiger partial charge in [-0.15, -0.1) is 22.7 Å². The lowest BCUT2D eigenvalue weighted by Crippen LogP contribution is -2.46. The molecule has 10 heteroatoms. The minimum absolute atomic E-state index is 0.0328. The van der Waals surface area contributed by atoms with Gasteiger partial charge in [0, 0.05) is 32.6 Å². The molecular weight excluding hydrogens is 508 g/mol. The molecule has 1 atom stereocenters. The largest absolute Gasteiger partial charge is 0.497 e. The standard InChI is InChI=1S/C27H30N4O4S2/c1-34-21-8-6-20(7-9-21)23-18-22(24-4-2-16-36-24)28-31(23)26(32)19-30(27(33)25-5-3-17-37-25)11-10-29-12-14-35-15-13-29/h2-9,16-17,23H,10-15,18-19H2,1H3. The van der Waals surface area contributed by atoms with Gasteiger partial charge < -0.3 is 14.4 Å². The number of hydrazone groups is 1. The summed E-state index contributed by atoms with van der Waals surface area (Å²) in [4.78, 5) is 32.8. The van der Waals surface area contributed by atoms with Crippen LogP contribution < -0.4 is 4.74 Å². The van der Waals surface area contributed by atoms with Crippen LogP contribution >= 0.6 is 22.7 Å². The molecule has 0 bridgehead atoms. The molecule has 3 aromatic rings. The lowest BCUT2D eigenvalue weighted by Gasteiger charge is -2.31. The third-order valence-electron chi connectivity index (χ3n) is 6.61. The third kappa shape index (κ3) is 6.10. The lowest BCUT2D eigenvalue weighted by atomic mass is 10.0. The lowest BCUT2D eigenvalue weighted by molar-refractivity contribution is -0.133. The fourth-order valence-corrected chi connectivity index (χ4v) is 5.96. The second-order valence-electron chi connectivity index (χ2n) is 8.91. The van der Waals surface area contributed by atoms with Gasteiger partial charge in [0.05, 0.1) is 41.8 Å². The highest BCUT2D eigenvalue weighted by Gasteiger charge is 2.35. The van der Waals surface area contributed by atoms with E-state index in [0.29, 0.717) is 37.6 Å². The number of ether oxygens (including phenoxy) is 2. The van der Waals surface area contributed by atoms with Crippen LogP contribution in [0.25, 0.3) is 0 Å². The first-order valence-electron chi connectivity index (χ1n) is 12.3. The Balaban J connectivity index is 1.37. The van der Waals surface area contributed by atoms with Gasteiger partial charge in [0.2, 0.25) is 0 Å². The molecule has 2 aliphatic rings. The van der Waals surface area contributed by atoms with Crippen LogP contribution in [0.1, 0.15) is 32.6 Å². The van der Waals surface area contributed by atoms with Gasteiger partial charge in [-0.1, -0.05) is 24.3 Å². The summed E-state index contributed by atoms with van der Waals surface area (Å²) in [7, 11) is 1.63. The van der Waals surface area contributed by atoms with E-state index in [4.69, 9.17) is 14.6 Å². The molecule has 1 aromatic carbocycles. The third-order valence-corrected chi connectivity index (χ3v) is 8.38. The van der Waals surface area contributed by atoms with Crippen LogP contribution in [0.2, 0.25) is 0 Å². The molecule has 1 fully saturated rings. The summed E-state index contributed by atoms with van der Waals surface area (Å²) in [5.74, 6) is 0.438. The monoisotopic (exact) mass is 538 g/mol. The van der Waals surface area contributed by atoms with Gasteiger partial charge in [0.25, 0.3) is 11.8 Å². The Morgan fingerprint density at radius 2 is 1.84 bits per heavy atom. The number of nitrogens with zero attached hydrogens (tertiary/aromatic N) is 4. The summed E-state index contributed by atoms with van der Waals surface area (Å²) in [5.41, 5.74) is 1.86. The molecule has 8 nitrogen and oxygen atoms in total. The fourth-order valence-electron chi connectivity index (χ4n) is 4.55. The minimum atomic E-state index is -0.242. The highest BCUT2D eigenvalue weighted by atomic mass is 32.1. The first-order chi connectivity index (χ1) is 18.1. The first-order valence-corrected chi connectivity index (χ1v) is 14.1. The number of methoxy groups -OCH3 is 1. The molecule has 4 heterocycles. The Labute approximate surface area is 224 Å². The Hall–Kier alpha value is -3.05. The number of carbonyl (C=O) groups excluding carboxylic acids is 2. The Morgan fingerprint density at radius 1 is 1.08 bits per heavy atom. The molecule has 2 amide bonds. The van der Waals surface area contributed by atoms with E-state index < -0.39 is 0 Å². The van der Waals surface area contributed by atoms with Crippen molar-refractivity contribution >= 4 is 40.2 Å². The van der Waals surface area contributed by atoms with Crippen LogP contribution in [-0.2, 0) is 9.53 Å². The summed E-state index contributed by atoms with van der Waals surface area (Å²) >= 11 is 3.00. The number of hydrogen-bond acceptors (Lipinski definition) is 8. The zero-order valence-electron chi connectivity index (χ0n) is 20.7. The van der Waals surface area contributed by atoms with E-state index in [2.05, 4.69) is 4.90 Å². The Bertz CT molecular complexity index is 1210. The average Bonchev–Trinajstić information content (AvgIpc) is 3.73. The van der Waals surface area contributed by atoms with E-state index in [1.54, 1.807) is 28.4 Å². The van der Waals surface area contributed by atoms with Crippen molar-refractivity contribution < 1.29 is 19.1 Å². The van der Waals surface area contributed by atoms with Crippen LogP contribution in [0.15, 0.2) is 64.4 Å². The smallest absolute Gasteiger partial charge is 0.264 e. The molecule has 37 heavy (non-hydrogen) atoms. The average molecular weight is 539 g/mol. The van der Waals surface area contributed by atoms with E-state index in [9.17, 15) is 9.59 Å². The molecule has 0 saturated carbocycles. The number of thiophene rings is 2. The quantitative estimate of drug-likeness (QED) is 0.412. The second-order valence-corrected chi connectivity index (χ2v) is 10.8. The van der Waals surface area contributed by atoms with Crippen molar-refractivity contribution in [2.45, 2.75) is 12.5 Å². The van der Waals surface area contributed by atoms with Crippen molar-refractivity contribution in [3.8, 4) is 5.75 Å². The number of benzene rings is 1. The zero-order chi connectivity index (χ0) is 25.6. The van der Waals surface area contributed by atoms with E-state index in [-0.39, 0.29) is 24.4 Å². The highest BCUT2D eigenvalue weighted by molar-refractivity contribution is 7.12. The predicted octanol–water partition coefficient (Wildman–Crippen LogP) is 3.97. The SMILES string of the molecule is COc1ccc(C2CC(c3cccs3)=NN2C(=O)CN(CCN2CCOCC2)C(=O)c2cccs2)cc1. The molecule has 1 unspecified atom stereocenters. The van der Waals surface area contributed by atoms with E-state index in [1.807, 2.05) is 59.3 Å². The predicted molar refractivity (Wildman–Crippen MR) is 146 cm³/mol. The molecule has 0 radical (unpaired) electrons. The summed E-state index contributed by atoms with van der Waals surface area (Å²) in [6, 6.07) is 15.2. The maximum atomic E-state index is 13.8. The van der Waals surface area contributed by atoms with Crippen molar-refractivity contribution in [2.24, 2.45) is 5.10 Å². The maximum Gasteiger partial charge on any atom is 0.264 e. The molecule has 2 aliphatic heterocycles. The maximum absolute atomic E-state index is 13.8. The second kappa shape index (κ2) is 12.0. The zero-order valence-corrected chi connectivity index (χ0v) is 22.4. The van der Waals surface area contributed by atoms with Crippen molar-refractivity contribution in [1.29, 1.82) is 0 Å². The van der Waals surface area contributed by atoms with E-state index in [1.165, 1.54) is 11.3 Å². The number of hydrogen-bond donors (Lipinski definition) is 0. The van der Waals surface area contributed by atoms with Crippen LogP contribution in [-0.4, -0.2) is 85.4 Å². The number of amides is 2. The Kier molecular flexibility index (Phi) is 8.30. The fraction of sp³-hybridized carbons (Fsp3) is 0.370. The summed E-state index contributed by atoms with van der Waals surface area (Å²) < 4.78 is 10.8. The van der Waals surface area contributed by atoms with Crippen LogP contribution in [0, 0.1) is 0 Å². The van der Waals surface area contributed by atoms with Crippen LogP contribution in [0.3, 0.4) is 0 Å². The van der Waals surface area contributed by atoms with Crippen molar-refractivity contribution in [3.63, 3.8) is 0 Å². The normalized spacial score (nSPS) is 18.0. The van der Waals surface area contributed by atoms with Crippen molar-refractivity contribution in [3.05, 3.63) is 74.6 Å². The van der Waals surface area contributed by atoms with Gasteiger partial charge in [-0.2, -0.15) is 5.10 Å². The van der Waals surface area contributed by atoms with E-state index >= 15 is 0 Å². The topological polar surface area (TPSA) is 74.7 Å².